The maximum absolute atomic E-state index is 12.3. The molecule has 0 unspecified atom stereocenters. The van der Waals surface area contributed by atoms with Crippen LogP contribution in [-0.2, 0) is 14.4 Å². The zero-order valence-corrected chi connectivity index (χ0v) is 14.2. The fourth-order valence-electron chi connectivity index (χ4n) is 3.09. The van der Waals surface area contributed by atoms with E-state index in [1.807, 2.05) is 0 Å². The first kappa shape index (κ1) is 17.3. The molecule has 0 bridgehead atoms. The lowest BCUT2D eigenvalue weighted by atomic mass is 10.1. The summed E-state index contributed by atoms with van der Waals surface area (Å²) in [5.74, 6) is -2.05. The molecule has 2 fully saturated rings. The number of carboxylic acids is 1. The summed E-state index contributed by atoms with van der Waals surface area (Å²) < 4.78 is 5.40. The van der Waals surface area contributed by atoms with Crippen molar-refractivity contribution < 1.29 is 24.2 Å². The number of anilines is 1. The Kier molecular flexibility index (Phi) is 4.41. The minimum absolute atomic E-state index is 0.0429. The van der Waals surface area contributed by atoms with Crippen molar-refractivity contribution in [3.63, 3.8) is 0 Å². The molecule has 1 aromatic carbocycles. The topological polar surface area (TPSA) is 105 Å². The molecule has 2 amide bonds. The summed E-state index contributed by atoms with van der Waals surface area (Å²) >= 11 is 0. The molecule has 3 N–H and O–H groups in total. The monoisotopic (exact) mass is 346 g/mol. The zero-order chi connectivity index (χ0) is 18.2. The van der Waals surface area contributed by atoms with Crippen molar-refractivity contribution in [2.75, 3.05) is 11.9 Å². The first-order valence-electron chi connectivity index (χ1n) is 8.35. The van der Waals surface area contributed by atoms with Crippen LogP contribution in [-0.4, -0.2) is 35.5 Å². The van der Waals surface area contributed by atoms with Gasteiger partial charge in [-0.05, 0) is 42.5 Å². The lowest BCUT2D eigenvalue weighted by molar-refractivity contribution is -0.140. The van der Waals surface area contributed by atoms with Gasteiger partial charge < -0.3 is 20.5 Å². The summed E-state index contributed by atoms with van der Waals surface area (Å²) in [6.07, 6.45) is 2.06. The van der Waals surface area contributed by atoms with Gasteiger partial charge in [0.25, 0.3) is 5.91 Å². The van der Waals surface area contributed by atoms with E-state index in [-0.39, 0.29) is 18.4 Å². The largest absolute Gasteiger partial charge is 0.484 e. The molecule has 134 valence electrons. The molecule has 0 aliphatic heterocycles. The number of hydrogen-bond acceptors (Lipinski definition) is 4. The molecule has 2 aliphatic carbocycles. The number of nitrogens with one attached hydrogen (secondary N) is 2. The first-order chi connectivity index (χ1) is 11.8. The van der Waals surface area contributed by atoms with Crippen LogP contribution in [0.4, 0.5) is 5.69 Å². The Bertz CT molecular complexity index is 694. The molecular weight excluding hydrogens is 324 g/mol. The van der Waals surface area contributed by atoms with E-state index >= 15 is 0 Å². The predicted molar refractivity (Wildman–Crippen MR) is 90.1 cm³/mol. The van der Waals surface area contributed by atoms with Crippen molar-refractivity contribution in [1.29, 1.82) is 0 Å². The van der Waals surface area contributed by atoms with E-state index in [9.17, 15) is 14.4 Å². The van der Waals surface area contributed by atoms with Gasteiger partial charge in [-0.25, -0.2) is 0 Å². The highest BCUT2D eigenvalue weighted by Crippen LogP contribution is 2.58. The number of carbonyl (C=O) groups excluding carboxylic acids is 2. The average molecular weight is 346 g/mol. The van der Waals surface area contributed by atoms with Crippen molar-refractivity contribution in [1.82, 2.24) is 5.32 Å². The number of amides is 2. The average Bonchev–Trinajstić information content (AvgIpc) is 3.43. The molecule has 2 saturated carbocycles. The lowest BCUT2D eigenvalue weighted by Crippen LogP contribution is -2.30. The van der Waals surface area contributed by atoms with Crippen molar-refractivity contribution in [3.05, 3.63) is 24.3 Å². The first-order valence-corrected chi connectivity index (χ1v) is 8.35. The van der Waals surface area contributed by atoms with Crippen LogP contribution in [0.15, 0.2) is 24.3 Å². The number of rotatable bonds is 7. The smallest absolute Gasteiger partial charge is 0.307 e. The molecule has 0 aromatic heterocycles. The van der Waals surface area contributed by atoms with E-state index in [1.54, 1.807) is 38.1 Å². The number of carboxylic acid groups (broad SMARTS) is 1. The third-order valence-corrected chi connectivity index (χ3v) is 4.81. The molecular formula is C18H22N2O5. The van der Waals surface area contributed by atoms with E-state index in [0.29, 0.717) is 17.5 Å². The third-order valence-electron chi connectivity index (χ3n) is 4.81. The molecule has 0 saturated heterocycles. The summed E-state index contributed by atoms with van der Waals surface area (Å²) in [6, 6.07) is 6.95. The summed E-state index contributed by atoms with van der Waals surface area (Å²) in [4.78, 5) is 35.0. The minimum atomic E-state index is -0.946. The molecule has 0 radical (unpaired) electrons. The van der Waals surface area contributed by atoms with Crippen LogP contribution >= 0.6 is 0 Å². The standard InChI is InChI=1S/C18H22N2O5/c1-18(2)14(15(18)17(23)24)16(22)20-11-5-7-12(8-6-11)25-9-13(21)19-10-3-4-10/h5-8,10,14-15H,3-4,9H2,1-2H3,(H,19,21)(H,20,22)(H,23,24)/t14-,15+/m1/s1. The van der Waals surface area contributed by atoms with Gasteiger partial charge in [0.05, 0.1) is 11.8 Å². The van der Waals surface area contributed by atoms with Crippen LogP contribution in [0.1, 0.15) is 26.7 Å². The fraction of sp³-hybridized carbons (Fsp3) is 0.500. The summed E-state index contributed by atoms with van der Waals surface area (Å²) in [6.45, 7) is 3.51. The Morgan fingerprint density at radius 3 is 2.32 bits per heavy atom. The predicted octanol–water partition coefficient (Wildman–Crippen LogP) is 1.64. The molecule has 0 heterocycles. The highest BCUT2D eigenvalue weighted by molar-refractivity contribution is 5.99. The van der Waals surface area contributed by atoms with E-state index in [1.165, 1.54) is 0 Å². The van der Waals surface area contributed by atoms with Crippen molar-refractivity contribution in [2.45, 2.75) is 32.7 Å². The Labute approximate surface area is 145 Å². The third kappa shape index (κ3) is 3.92. The quantitative estimate of drug-likeness (QED) is 0.696. The second kappa shape index (κ2) is 6.38. The normalized spacial score (nSPS) is 23.4. The molecule has 7 heteroatoms. The van der Waals surface area contributed by atoms with Gasteiger partial charge in [-0.2, -0.15) is 0 Å². The van der Waals surface area contributed by atoms with Gasteiger partial charge in [0.2, 0.25) is 5.91 Å². The summed E-state index contributed by atoms with van der Waals surface area (Å²) in [7, 11) is 0. The highest BCUT2D eigenvalue weighted by atomic mass is 16.5. The number of carbonyl (C=O) groups is 3. The molecule has 3 rings (SSSR count). The van der Waals surface area contributed by atoms with Gasteiger partial charge in [0, 0.05) is 11.7 Å². The van der Waals surface area contributed by atoms with Crippen LogP contribution in [0.2, 0.25) is 0 Å². The number of ether oxygens (including phenoxy) is 1. The number of benzene rings is 1. The second-order valence-corrected chi connectivity index (χ2v) is 7.26. The Morgan fingerprint density at radius 1 is 1.16 bits per heavy atom. The summed E-state index contributed by atoms with van der Waals surface area (Å²) in [5.41, 5.74) is 0.0278. The molecule has 1 aromatic rings. The van der Waals surface area contributed by atoms with Crippen LogP contribution < -0.4 is 15.4 Å². The summed E-state index contributed by atoms with van der Waals surface area (Å²) in [5, 5.41) is 14.7. The number of aliphatic carboxylic acids is 1. The van der Waals surface area contributed by atoms with Crippen molar-refractivity contribution in [3.8, 4) is 5.75 Å². The fourth-order valence-corrected chi connectivity index (χ4v) is 3.09. The SMILES string of the molecule is CC1(C)[C@H](C(=O)O)[C@@H]1C(=O)Nc1ccc(OCC(=O)NC2CC2)cc1. The van der Waals surface area contributed by atoms with Gasteiger partial charge in [0.15, 0.2) is 6.61 Å². The Morgan fingerprint density at radius 2 is 1.80 bits per heavy atom. The molecule has 0 spiro atoms. The Hall–Kier alpha value is -2.57. The van der Waals surface area contributed by atoms with Crippen molar-refractivity contribution in [2.24, 2.45) is 17.3 Å². The lowest BCUT2D eigenvalue weighted by Gasteiger charge is -2.09. The zero-order valence-electron chi connectivity index (χ0n) is 14.2. The van der Waals surface area contributed by atoms with Crippen LogP contribution in [0, 0.1) is 17.3 Å². The van der Waals surface area contributed by atoms with Crippen molar-refractivity contribution >= 4 is 23.5 Å². The molecule has 2 atom stereocenters. The van der Waals surface area contributed by atoms with E-state index in [0.717, 1.165) is 12.8 Å². The minimum Gasteiger partial charge on any atom is -0.484 e. The van der Waals surface area contributed by atoms with Crippen LogP contribution in [0.3, 0.4) is 0 Å². The van der Waals surface area contributed by atoms with Gasteiger partial charge >= 0.3 is 5.97 Å². The van der Waals surface area contributed by atoms with E-state index in [2.05, 4.69) is 10.6 Å². The van der Waals surface area contributed by atoms with Gasteiger partial charge in [-0.1, -0.05) is 13.8 Å². The second-order valence-electron chi connectivity index (χ2n) is 7.26. The van der Waals surface area contributed by atoms with Gasteiger partial charge in [-0.3, -0.25) is 14.4 Å². The van der Waals surface area contributed by atoms with Crippen LogP contribution in [0.5, 0.6) is 5.75 Å². The van der Waals surface area contributed by atoms with E-state index < -0.39 is 23.2 Å². The van der Waals surface area contributed by atoms with Gasteiger partial charge in [0.1, 0.15) is 5.75 Å². The number of hydrogen-bond donors (Lipinski definition) is 3. The Balaban J connectivity index is 1.50. The maximum atomic E-state index is 12.3. The molecule has 7 nitrogen and oxygen atoms in total. The molecule has 2 aliphatic rings. The maximum Gasteiger partial charge on any atom is 0.307 e. The molecule has 25 heavy (non-hydrogen) atoms. The van der Waals surface area contributed by atoms with E-state index in [4.69, 9.17) is 9.84 Å². The highest BCUT2D eigenvalue weighted by Gasteiger charge is 2.65. The van der Waals surface area contributed by atoms with Crippen LogP contribution in [0.25, 0.3) is 0 Å². The van der Waals surface area contributed by atoms with Gasteiger partial charge in [-0.15, -0.1) is 0 Å².